The van der Waals surface area contributed by atoms with Crippen LogP contribution in [0.5, 0.6) is 11.8 Å². The molecule has 0 spiro atoms. The summed E-state index contributed by atoms with van der Waals surface area (Å²) >= 11 is 1.26. The molecule has 0 amide bonds. The normalized spacial score (nSPS) is 14.5. The van der Waals surface area contributed by atoms with Crippen molar-refractivity contribution in [1.29, 1.82) is 0 Å². The highest BCUT2D eigenvalue weighted by Crippen LogP contribution is 2.39. The molecule has 0 unspecified atom stereocenters. The van der Waals surface area contributed by atoms with Gasteiger partial charge in [0.25, 0.3) is 0 Å². The van der Waals surface area contributed by atoms with Crippen molar-refractivity contribution >= 4 is 23.5 Å². The number of methoxy groups -OCH3 is 2. The number of aromatic nitrogens is 4. The van der Waals surface area contributed by atoms with E-state index in [0.29, 0.717) is 33.6 Å². The fourth-order valence-electron chi connectivity index (χ4n) is 2.49. The standard InChI is InChI=1S/C15H20N6O2S/c1-22-12-11(24-15-17-7-6-10(16)18-15)13(23-2)20-14(19-12)21-8-4-3-5-9-21/h6-7H,3-5,8-9H2,1-2H3,(H2,16,17,18). The van der Waals surface area contributed by atoms with Gasteiger partial charge >= 0.3 is 0 Å². The molecule has 8 nitrogen and oxygen atoms in total. The number of anilines is 2. The summed E-state index contributed by atoms with van der Waals surface area (Å²) in [6, 6.07) is 1.63. The van der Waals surface area contributed by atoms with Gasteiger partial charge in [-0.05, 0) is 37.1 Å². The highest BCUT2D eigenvalue weighted by atomic mass is 32.2. The van der Waals surface area contributed by atoms with E-state index in [2.05, 4.69) is 24.8 Å². The minimum absolute atomic E-state index is 0.399. The van der Waals surface area contributed by atoms with Gasteiger partial charge in [0, 0.05) is 19.3 Å². The molecular weight excluding hydrogens is 328 g/mol. The van der Waals surface area contributed by atoms with Crippen molar-refractivity contribution in [2.24, 2.45) is 0 Å². The first-order valence-corrected chi connectivity index (χ1v) is 8.54. The lowest BCUT2D eigenvalue weighted by Gasteiger charge is -2.27. The number of hydrogen-bond donors (Lipinski definition) is 1. The third-order valence-electron chi connectivity index (χ3n) is 3.67. The summed E-state index contributed by atoms with van der Waals surface area (Å²) in [7, 11) is 3.15. The second-order valence-corrected chi connectivity index (χ2v) is 6.26. The molecule has 0 aliphatic carbocycles. The Morgan fingerprint density at radius 3 is 2.29 bits per heavy atom. The number of nitrogens with zero attached hydrogens (tertiary/aromatic N) is 5. The zero-order valence-corrected chi connectivity index (χ0v) is 14.5. The Kier molecular flexibility index (Phi) is 5.19. The molecule has 128 valence electrons. The predicted molar refractivity (Wildman–Crippen MR) is 91.8 cm³/mol. The smallest absolute Gasteiger partial charge is 0.236 e. The van der Waals surface area contributed by atoms with Crippen molar-refractivity contribution in [1.82, 2.24) is 19.9 Å². The fourth-order valence-corrected chi connectivity index (χ4v) is 3.37. The van der Waals surface area contributed by atoms with Gasteiger partial charge in [0.05, 0.1) is 14.2 Å². The lowest BCUT2D eigenvalue weighted by molar-refractivity contribution is 0.351. The van der Waals surface area contributed by atoms with Crippen LogP contribution in [0.3, 0.4) is 0 Å². The molecule has 24 heavy (non-hydrogen) atoms. The average Bonchev–Trinajstić information content (AvgIpc) is 2.62. The van der Waals surface area contributed by atoms with Gasteiger partial charge in [0.15, 0.2) is 5.16 Å². The van der Waals surface area contributed by atoms with Crippen LogP contribution >= 0.6 is 11.8 Å². The van der Waals surface area contributed by atoms with E-state index in [1.54, 1.807) is 26.5 Å². The molecule has 2 N–H and O–H groups in total. The molecule has 1 fully saturated rings. The lowest BCUT2D eigenvalue weighted by atomic mass is 10.1. The fraction of sp³-hybridized carbons (Fsp3) is 0.467. The van der Waals surface area contributed by atoms with Gasteiger partial charge in [-0.1, -0.05) is 0 Å². The molecule has 0 radical (unpaired) electrons. The summed E-state index contributed by atoms with van der Waals surface area (Å²) in [5, 5.41) is 0.487. The Balaban J connectivity index is 1.95. The maximum absolute atomic E-state index is 5.71. The van der Waals surface area contributed by atoms with Crippen LogP contribution in [-0.2, 0) is 0 Å². The van der Waals surface area contributed by atoms with E-state index in [1.807, 2.05) is 0 Å². The number of piperidine rings is 1. The second kappa shape index (κ2) is 7.52. The maximum Gasteiger partial charge on any atom is 0.236 e. The van der Waals surface area contributed by atoms with Gasteiger partial charge in [-0.3, -0.25) is 0 Å². The number of hydrogen-bond acceptors (Lipinski definition) is 9. The Morgan fingerprint density at radius 2 is 1.71 bits per heavy atom. The van der Waals surface area contributed by atoms with Gasteiger partial charge in [0.2, 0.25) is 17.7 Å². The largest absolute Gasteiger partial charge is 0.480 e. The monoisotopic (exact) mass is 348 g/mol. The lowest BCUT2D eigenvalue weighted by Crippen LogP contribution is -2.31. The van der Waals surface area contributed by atoms with Crippen LogP contribution in [-0.4, -0.2) is 47.2 Å². The topological polar surface area (TPSA) is 99.3 Å². The Bertz CT molecular complexity index is 683. The average molecular weight is 348 g/mol. The number of ether oxygens (including phenoxy) is 2. The number of nitrogen functional groups attached to an aromatic ring is 1. The summed E-state index contributed by atoms with van der Waals surface area (Å²) in [6.45, 7) is 1.88. The molecule has 9 heteroatoms. The molecule has 2 aromatic heterocycles. The summed E-state index contributed by atoms with van der Waals surface area (Å²) in [5.41, 5.74) is 5.71. The molecule has 0 bridgehead atoms. The van der Waals surface area contributed by atoms with Crippen molar-refractivity contribution in [3.63, 3.8) is 0 Å². The minimum Gasteiger partial charge on any atom is -0.480 e. The minimum atomic E-state index is 0.399. The first-order chi connectivity index (χ1) is 11.7. The Labute approximate surface area is 144 Å². The van der Waals surface area contributed by atoms with E-state index in [1.165, 1.54) is 18.2 Å². The molecule has 3 rings (SSSR count). The number of rotatable bonds is 5. The molecule has 2 aromatic rings. The molecule has 0 aromatic carbocycles. The first-order valence-electron chi connectivity index (χ1n) is 7.72. The SMILES string of the molecule is COc1nc(N2CCCCC2)nc(OC)c1Sc1nccc(N)n1. The molecule has 1 aliphatic rings. The van der Waals surface area contributed by atoms with E-state index in [-0.39, 0.29) is 0 Å². The molecule has 1 saturated heterocycles. The van der Waals surface area contributed by atoms with Gasteiger partial charge in [0.1, 0.15) is 10.7 Å². The van der Waals surface area contributed by atoms with Gasteiger partial charge in [-0.15, -0.1) is 0 Å². The highest BCUT2D eigenvalue weighted by Gasteiger charge is 2.22. The van der Waals surface area contributed by atoms with Crippen molar-refractivity contribution in [3.05, 3.63) is 12.3 Å². The first kappa shape index (κ1) is 16.6. The predicted octanol–water partition coefficient (Wildman–Crippen LogP) is 2.01. The maximum atomic E-state index is 5.71. The van der Waals surface area contributed by atoms with Gasteiger partial charge in [-0.25, -0.2) is 9.97 Å². The molecular formula is C15H20N6O2S. The van der Waals surface area contributed by atoms with Crippen LogP contribution in [0.15, 0.2) is 22.3 Å². The third-order valence-corrected chi connectivity index (χ3v) is 4.60. The highest BCUT2D eigenvalue weighted by molar-refractivity contribution is 7.99. The van der Waals surface area contributed by atoms with E-state index < -0.39 is 0 Å². The Morgan fingerprint density at radius 1 is 1.04 bits per heavy atom. The summed E-state index contributed by atoms with van der Waals surface area (Å²) in [5.74, 6) is 1.91. The van der Waals surface area contributed by atoms with Crippen molar-refractivity contribution in [3.8, 4) is 11.8 Å². The van der Waals surface area contributed by atoms with Crippen LogP contribution in [0.25, 0.3) is 0 Å². The number of nitrogens with two attached hydrogens (primary N) is 1. The van der Waals surface area contributed by atoms with E-state index in [0.717, 1.165) is 25.9 Å². The van der Waals surface area contributed by atoms with Gasteiger partial charge in [-0.2, -0.15) is 9.97 Å². The quantitative estimate of drug-likeness (QED) is 0.813. The molecule has 3 heterocycles. The summed E-state index contributed by atoms with van der Waals surface area (Å²) in [6.07, 6.45) is 5.13. The van der Waals surface area contributed by atoms with E-state index in [4.69, 9.17) is 15.2 Å². The van der Waals surface area contributed by atoms with Crippen LogP contribution in [0.4, 0.5) is 11.8 Å². The zero-order valence-electron chi connectivity index (χ0n) is 13.7. The summed E-state index contributed by atoms with van der Waals surface area (Å²) < 4.78 is 10.9. The van der Waals surface area contributed by atoms with Crippen molar-refractivity contribution < 1.29 is 9.47 Å². The second-order valence-electron chi connectivity index (χ2n) is 5.29. The van der Waals surface area contributed by atoms with Crippen molar-refractivity contribution in [2.75, 3.05) is 37.9 Å². The van der Waals surface area contributed by atoms with E-state index >= 15 is 0 Å². The van der Waals surface area contributed by atoms with Crippen LogP contribution < -0.4 is 20.1 Å². The van der Waals surface area contributed by atoms with Crippen molar-refractivity contribution in [2.45, 2.75) is 29.3 Å². The summed E-state index contributed by atoms with van der Waals surface area (Å²) in [4.78, 5) is 20.3. The molecule has 1 aliphatic heterocycles. The molecule has 0 atom stereocenters. The van der Waals surface area contributed by atoms with Crippen LogP contribution in [0.2, 0.25) is 0 Å². The zero-order chi connectivity index (χ0) is 16.9. The van der Waals surface area contributed by atoms with Gasteiger partial charge < -0.3 is 20.1 Å². The Hall–Kier alpha value is -2.29. The van der Waals surface area contributed by atoms with Crippen LogP contribution in [0, 0.1) is 0 Å². The van der Waals surface area contributed by atoms with Crippen LogP contribution in [0.1, 0.15) is 19.3 Å². The third kappa shape index (κ3) is 3.61. The molecule has 0 saturated carbocycles. The van der Waals surface area contributed by atoms with E-state index in [9.17, 15) is 0 Å².